The maximum absolute atomic E-state index is 13.6. The van der Waals surface area contributed by atoms with Gasteiger partial charge < -0.3 is 25.4 Å². The first-order chi connectivity index (χ1) is 17.8. The van der Waals surface area contributed by atoms with Crippen molar-refractivity contribution in [2.24, 2.45) is 5.73 Å². The van der Waals surface area contributed by atoms with Gasteiger partial charge in [0.15, 0.2) is 5.78 Å². The topological polar surface area (TPSA) is 138 Å². The average Bonchev–Trinajstić information content (AvgIpc) is 3.15. The third-order valence-corrected chi connectivity index (χ3v) is 6.76. The summed E-state index contributed by atoms with van der Waals surface area (Å²) in [5.41, 5.74) is 8.72. The number of carbonyl (C=O) groups is 3. The molecule has 1 atom stereocenters. The molecule has 4 rings (SSSR count). The highest BCUT2D eigenvalue weighted by molar-refractivity contribution is 6.08. The Morgan fingerprint density at radius 3 is 2.53 bits per heavy atom. The van der Waals surface area contributed by atoms with Crippen molar-refractivity contribution in [2.45, 2.75) is 52.7 Å². The standard InChI is InChI=1S/C28H35N5O5/c1-7-37-23-10-17-13-32(25(29)18(17)11-19(23)26(35)31-6)14-22(34)16-8-20(28(3,4)5)24-21(9-16)33(27(30)36)12-15(2)38-24/h8-11,15,29H,7,12-14H2,1-6H3,(H2,30,36)(H,31,35). The van der Waals surface area contributed by atoms with Crippen molar-refractivity contribution in [3.05, 3.63) is 52.1 Å². The second kappa shape index (κ2) is 10.00. The SMILES string of the molecule is CCOc1cc2c(cc1C(=O)NC)C(=N)N(CC(=O)c1cc3c(c(C(C)(C)C)c1)OC(C)CN3C(N)=O)C2. The van der Waals surface area contributed by atoms with Crippen LogP contribution in [0.1, 0.15) is 72.0 Å². The molecule has 3 amide bonds. The van der Waals surface area contributed by atoms with Crippen LogP contribution in [-0.2, 0) is 12.0 Å². The van der Waals surface area contributed by atoms with Crippen molar-refractivity contribution >= 4 is 29.2 Å². The number of urea groups is 1. The molecule has 202 valence electrons. The fourth-order valence-electron chi connectivity index (χ4n) is 4.87. The number of amidine groups is 1. The maximum Gasteiger partial charge on any atom is 0.319 e. The average molecular weight is 522 g/mol. The number of nitrogens with one attached hydrogen (secondary N) is 2. The van der Waals surface area contributed by atoms with Gasteiger partial charge in [0.05, 0.1) is 30.9 Å². The van der Waals surface area contributed by atoms with Crippen LogP contribution in [0.15, 0.2) is 24.3 Å². The Hall–Kier alpha value is -4.08. The number of carbonyl (C=O) groups excluding carboxylic acids is 3. The molecule has 0 aromatic heterocycles. The number of ketones is 1. The molecule has 2 aliphatic heterocycles. The monoisotopic (exact) mass is 521 g/mol. The van der Waals surface area contributed by atoms with Gasteiger partial charge in [-0.05, 0) is 49.1 Å². The van der Waals surface area contributed by atoms with E-state index in [2.05, 4.69) is 5.32 Å². The lowest BCUT2D eigenvalue weighted by molar-refractivity contribution is 0.0953. The molecule has 0 saturated carbocycles. The Kier molecular flexibility index (Phi) is 7.10. The first kappa shape index (κ1) is 27.0. The molecular formula is C28H35N5O5. The number of hydrogen-bond donors (Lipinski definition) is 3. The summed E-state index contributed by atoms with van der Waals surface area (Å²) in [5, 5.41) is 11.3. The smallest absolute Gasteiger partial charge is 0.319 e. The van der Waals surface area contributed by atoms with Gasteiger partial charge in [0, 0.05) is 30.3 Å². The van der Waals surface area contributed by atoms with Gasteiger partial charge in [-0.25, -0.2) is 4.79 Å². The van der Waals surface area contributed by atoms with Crippen LogP contribution in [-0.4, -0.2) is 61.3 Å². The van der Waals surface area contributed by atoms with E-state index < -0.39 is 6.03 Å². The Labute approximate surface area is 222 Å². The van der Waals surface area contributed by atoms with Crippen molar-refractivity contribution in [3.63, 3.8) is 0 Å². The number of primary amides is 1. The predicted molar refractivity (Wildman–Crippen MR) is 145 cm³/mol. The minimum Gasteiger partial charge on any atom is -0.493 e. The molecule has 2 heterocycles. The molecule has 2 aromatic carbocycles. The summed E-state index contributed by atoms with van der Waals surface area (Å²) in [7, 11) is 1.54. The first-order valence-corrected chi connectivity index (χ1v) is 12.7. The van der Waals surface area contributed by atoms with Crippen molar-refractivity contribution in [1.82, 2.24) is 10.2 Å². The summed E-state index contributed by atoms with van der Waals surface area (Å²) in [6, 6.07) is 6.25. The molecule has 4 N–H and O–H groups in total. The minimum absolute atomic E-state index is 0.0526. The number of rotatable bonds is 6. The lowest BCUT2D eigenvalue weighted by Crippen LogP contribution is -2.45. The highest BCUT2D eigenvalue weighted by Gasteiger charge is 2.34. The first-order valence-electron chi connectivity index (χ1n) is 12.7. The molecule has 0 bridgehead atoms. The van der Waals surface area contributed by atoms with Gasteiger partial charge in [-0.15, -0.1) is 0 Å². The van der Waals surface area contributed by atoms with Crippen LogP contribution in [0.5, 0.6) is 11.5 Å². The van der Waals surface area contributed by atoms with E-state index in [0.717, 1.165) is 11.1 Å². The molecule has 0 radical (unpaired) electrons. The van der Waals surface area contributed by atoms with E-state index in [1.165, 1.54) is 11.9 Å². The zero-order valence-electron chi connectivity index (χ0n) is 22.7. The zero-order chi connectivity index (χ0) is 27.9. The fourth-order valence-corrected chi connectivity index (χ4v) is 4.87. The van der Waals surface area contributed by atoms with Gasteiger partial charge >= 0.3 is 6.03 Å². The van der Waals surface area contributed by atoms with Gasteiger partial charge in [-0.2, -0.15) is 0 Å². The normalized spacial score (nSPS) is 16.5. The van der Waals surface area contributed by atoms with Crippen LogP contribution in [0.2, 0.25) is 0 Å². The van der Waals surface area contributed by atoms with E-state index >= 15 is 0 Å². The van der Waals surface area contributed by atoms with Gasteiger partial charge in [0.1, 0.15) is 23.4 Å². The van der Waals surface area contributed by atoms with Gasteiger partial charge in [-0.1, -0.05) is 20.8 Å². The van der Waals surface area contributed by atoms with Crippen molar-refractivity contribution in [3.8, 4) is 11.5 Å². The summed E-state index contributed by atoms with van der Waals surface area (Å²) >= 11 is 0. The summed E-state index contributed by atoms with van der Waals surface area (Å²) in [6.45, 7) is 10.7. The minimum atomic E-state index is -0.611. The summed E-state index contributed by atoms with van der Waals surface area (Å²) in [5.74, 6) is 0.634. The van der Waals surface area contributed by atoms with E-state index in [-0.39, 0.29) is 42.1 Å². The molecule has 0 aliphatic carbocycles. The Morgan fingerprint density at radius 2 is 1.92 bits per heavy atom. The van der Waals surface area contributed by atoms with Crippen LogP contribution in [0.4, 0.5) is 10.5 Å². The van der Waals surface area contributed by atoms with E-state index in [1.807, 2.05) is 40.7 Å². The number of nitrogens with two attached hydrogens (primary N) is 1. The predicted octanol–water partition coefficient (Wildman–Crippen LogP) is 3.43. The number of amides is 3. The number of Topliss-reactive ketones (excluding diaryl/α,β-unsaturated/α-hetero) is 1. The maximum atomic E-state index is 13.6. The lowest BCUT2D eigenvalue weighted by Gasteiger charge is -2.36. The summed E-state index contributed by atoms with van der Waals surface area (Å²) < 4.78 is 11.8. The van der Waals surface area contributed by atoms with Crippen LogP contribution >= 0.6 is 0 Å². The van der Waals surface area contributed by atoms with Crippen LogP contribution < -0.4 is 25.4 Å². The van der Waals surface area contributed by atoms with Crippen molar-refractivity contribution in [1.29, 1.82) is 5.41 Å². The van der Waals surface area contributed by atoms with Crippen LogP contribution in [0.25, 0.3) is 0 Å². The number of anilines is 1. The van der Waals surface area contributed by atoms with Crippen LogP contribution in [0, 0.1) is 5.41 Å². The van der Waals surface area contributed by atoms with Gasteiger partial charge in [0.25, 0.3) is 5.91 Å². The third kappa shape index (κ3) is 4.90. The van der Waals surface area contributed by atoms with Gasteiger partial charge in [0.2, 0.25) is 0 Å². The van der Waals surface area contributed by atoms with Crippen LogP contribution in [0.3, 0.4) is 0 Å². The van der Waals surface area contributed by atoms with E-state index in [0.29, 0.717) is 47.0 Å². The van der Waals surface area contributed by atoms with E-state index in [9.17, 15) is 14.4 Å². The number of ether oxygens (including phenoxy) is 2. The van der Waals surface area contributed by atoms with Gasteiger partial charge in [-0.3, -0.25) is 19.9 Å². The van der Waals surface area contributed by atoms with E-state index in [1.54, 1.807) is 23.1 Å². The van der Waals surface area contributed by atoms with Crippen molar-refractivity contribution < 1.29 is 23.9 Å². The highest BCUT2D eigenvalue weighted by atomic mass is 16.5. The number of nitrogens with zero attached hydrogens (tertiary/aromatic N) is 2. The molecule has 0 fully saturated rings. The Morgan fingerprint density at radius 1 is 1.21 bits per heavy atom. The molecule has 38 heavy (non-hydrogen) atoms. The molecule has 1 unspecified atom stereocenters. The number of hydrogen-bond acceptors (Lipinski definition) is 6. The number of fused-ring (bicyclic) bond motifs is 2. The largest absolute Gasteiger partial charge is 0.493 e. The fraction of sp³-hybridized carbons (Fsp3) is 0.429. The molecular weight excluding hydrogens is 486 g/mol. The number of benzene rings is 2. The lowest BCUT2D eigenvalue weighted by atomic mass is 9.84. The zero-order valence-corrected chi connectivity index (χ0v) is 22.7. The second-order valence-corrected chi connectivity index (χ2v) is 10.6. The quantitative estimate of drug-likeness (QED) is 0.498. The highest BCUT2D eigenvalue weighted by Crippen LogP contribution is 2.43. The van der Waals surface area contributed by atoms with Crippen molar-refractivity contribution in [2.75, 3.05) is 31.6 Å². The summed E-state index contributed by atoms with van der Waals surface area (Å²) in [4.78, 5) is 41.4. The molecule has 2 aromatic rings. The Balaban J connectivity index is 1.68. The molecule has 10 nitrogen and oxygen atoms in total. The molecule has 2 aliphatic rings. The van der Waals surface area contributed by atoms with E-state index in [4.69, 9.17) is 20.6 Å². The molecule has 10 heteroatoms. The molecule has 0 saturated heterocycles. The third-order valence-electron chi connectivity index (χ3n) is 6.76. The summed E-state index contributed by atoms with van der Waals surface area (Å²) in [6.07, 6.45) is -0.248. The molecule has 0 spiro atoms. The Bertz CT molecular complexity index is 1330. The second-order valence-electron chi connectivity index (χ2n) is 10.6.